The van der Waals surface area contributed by atoms with Crippen LogP contribution in [0.1, 0.15) is 19.0 Å². The molecule has 1 atom stereocenters. The fraction of sp³-hybridized carbons (Fsp3) is 0.250. The summed E-state index contributed by atoms with van der Waals surface area (Å²) in [5.74, 6) is -0.458. The fourth-order valence-electron chi connectivity index (χ4n) is 3.96. The van der Waals surface area contributed by atoms with Crippen molar-refractivity contribution in [3.63, 3.8) is 0 Å². The monoisotopic (exact) mass is 463 g/mol. The van der Waals surface area contributed by atoms with Crippen molar-refractivity contribution in [2.45, 2.75) is 20.0 Å². The van der Waals surface area contributed by atoms with Gasteiger partial charge in [0.2, 0.25) is 5.91 Å². The van der Waals surface area contributed by atoms with Crippen molar-refractivity contribution < 1.29 is 19.1 Å². The molecule has 0 saturated carbocycles. The van der Waals surface area contributed by atoms with E-state index in [1.54, 1.807) is 33.6 Å². The van der Waals surface area contributed by atoms with E-state index in [0.29, 0.717) is 22.9 Å². The SMILES string of the molecule is CCOc1ccc(N2CC(C(=O)OCc3cc(=O)n4c(n3)sc3ccccc34)CC2=O)cc1. The van der Waals surface area contributed by atoms with Crippen LogP contribution in [-0.2, 0) is 20.9 Å². The Kier molecular flexibility index (Phi) is 5.55. The molecule has 4 aromatic rings. The van der Waals surface area contributed by atoms with Crippen molar-refractivity contribution in [3.05, 3.63) is 70.6 Å². The molecule has 1 unspecified atom stereocenters. The molecule has 9 heteroatoms. The zero-order valence-corrected chi connectivity index (χ0v) is 18.7. The Bertz CT molecular complexity index is 1410. The molecular weight excluding hydrogens is 442 g/mol. The molecule has 168 valence electrons. The van der Waals surface area contributed by atoms with Gasteiger partial charge >= 0.3 is 5.97 Å². The van der Waals surface area contributed by atoms with Gasteiger partial charge in [-0.05, 0) is 43.3 Å². The van der Waals surface area contributed by atoms with Gasteiger partial charge < -0.3 is 14.4 Å². The average molecular weight is 464 g/mol. The highest BCUT2D eigenvalue weighted by Crippen LogP contribution is 2.28. The van der Waals surface area contributed by atoms with E-state index in [1.807, 2.05) is 31.2 Å². The summed E-state index contributed by atoms with van der Waals surface area (Å²) in [4.78, 5) is 44.4. The zero-order chi connectivity index (χ0) is 22.9. The molecular formula is C24H21N3O5S. The summed E-state index contributed by atoms with van der Waals surface area (Å²) in [6.45, 7) is 2.59. The van der Waals surface area contributed by atoms with Crippen molar-refractivity contribution >= 4 is 44.1 Å². The summed E-state index contributed by atoms with van der Waals surface area (Å²) in [7, 11) is 0. The first-order valence-corrected chi connectivity index (χ1v) is 11.4. The van der Waals surface area contributed by atoms with Crippen molar-refractivity contribution in [1.82, 2.24) is 9.38 Å². The number of nitrogens with zero attached hydrogens (tertiary/aromatic N) is 3. The van der Waals surface area contributed by atoms with Crippen LogP contribution in [0.5, 0.6) is 5.75 Å². The Morgan fingerprint density at radius 3 is 2.73 bits per heavy atom. The highest BCUT2D eigenvalue weighted by atomic mass is 32.1. The second-order valence-electron chi connectivity index (χ2n) is 7.71. The largest absolute Gasteiger partial charge is 0.494 e. The maximum atomic E-state index is 12.6. The van der Waals surface area contributed by atoms with Gasteiger partial charge in [0, 0.05) is 24.7 Å². The fourth-order valence-corrected chi connectivity index (χ4v) is 5.01. The van der Waals surface area contributed by atoms with Crippen LogP contribution in [0.2, 0.25) is 0 Å². The Morgan fingerprint density at radius 1 is 1.15 bits per heavy atom. The molecule has 8 nitrogen and oxygen atoms in total. The number of ether oxygens (including phenoxy) is 2. The normalized spacial score (nSPS) is 16.0. The number of hydrogen-bond acceptors (Lipinski definition) is 7. The van der Waals surface area contributed by atoms with E-state index in [9.17, 15) is 14.4 Å². The molecule has 1 aliphatic rings. The molecule has 0 aliphatic carbocycles. The minimum Gasteiger partial charge on any atom is -0.494 e. The average Bonchev–Trinajstić information content (AvgIpc) is 3.39. The minimum absolute atomic E-state index is 0.0808. The lowest BCUT2D eigenvalue weighted by Gasteiger charge is -2.17. The standard InChI is InChI=1S/C24H21N3O5S/c1-2-31-18-9-7-17(8-10-18)26-13-15(11-21(26)28)23(30)32-14-16-12-22(29)27-19-5-3-4-6-20(19)33-24(27)25-16/h3-10,12,15H,2,11,13-14H2,1H3. The lowest BCUT2D eigenvalue weighted by Crippen LogP contribution is -2.26. The Morgan fingerprint density at radius 2 is 1.94 bits per heavy atom. The second kappa shape index (κ2) is 8.67. The predicted molar refractivity (Wildman–Crippen MR) is 125 cm³/mol. The van der Waals surface area contributed by atoms with E-state index in [0.717, 1.165) is 16.0 Å². The number of anilines is 1. The lowest BCUT2D eigenvalue weighted by atomic mass is 10.1. The van der Waals surface area contributed by atoms with E-state index in [1.165, 1.54) is 17.4 Å². The maximum absolute atomic E-state index is 12.6. The molecule has 0 N–H and O–H groups in total. The van der Waals surface area contributed by atoms with Crippen LogP contribution in [0.15, 0.2) is 59.4 Å². The van der Waals surface area contributed by atoms with E-state index in [-0.39, 0.29) is 31.0 Å². The molecule has 1 aliphatic heterocycles. The van der Waals surface area contributed by atoms with Crippen LogP contribution in [0.25, 0.3) is 15.2 Å². The summed E-state index contributed by atoms with van der Waals surface area (Å²) in [5.41, 5.74) is 1.68. The number of amides is 1. The molecule has 1 saturated heterocycles. The van der Waals surface area contributed by atoms with Gasteiger partial charge in [-0.2, -0.15) is 0 Å². The molecule has 2 aromatic heterocycles. The highest BCUT2D eigenvalue weighted by Gasteiger charge is 2.36. The summed E-state index contributed by atoms with van der Waals surface area (Å²) in [6, 6.07) is 16.2. The van der Waals surface area contributed by atoms with Gasteiger partial charge in [0.15, 0.2) is 4.96 Å². The van der Waals surface area contributed by atoms with E-state index >= 15 is 0 Å². The molecule has 1 fully saturated rings. The molecule has 5 rings (SSSR count). The number of para-hydroxylation sites is 1. The van der Waals surface area contributed by atoms with Gasteiger partial charge in [0.05, 0.1) is 28.4 Å². The third-order valence-electron chi connectivity index (χ3n) is 5.53. The van der Waals surface area contributed by atoms with E-state index in [4.69, 9.17) is 9.47 Å². The number of rotatable bonds is 6. The van der Waals surface area contributed by atoms with Crippen molar-refractivity contribution in [3.8, 4) is 5.75 Å². The molecule has 1 amide bonds. The Balaban J connectivity index is 1.26. The zero-order valence-electron chi connectivity index (χ0n) is 17.9. The number of carbonyl (C=O) groups excluding carboxylic acids is 2. The van der Waals surface area contributed by atoms with E-state index < -0.39 is 11.9 Å². The third kappa shape index (κ3) is 4.07. The first kappa shape index (κ1) is 21.1. The Labute approximate surface area is 193 Å². The number of fused-ring (bicyclic) bond motifs is 3. The number of aromatic nitrogens is 2. The van der Waals surface area contributed by atoms with Gasteiger partial charge in [0.25, 0.3) is 5.56 Å². The number of carbonyl (C=O) groups is 2. The van der Waals surface area contributed by atoms with Gasteiger partial charge in [-0.15, -0.1) is 0 Å². The summed E-state index contributed by atoms with van der Waals surface area (Å²) in [5, 5.41) is 0. The van der Waals surface area contributed by atoms with Crippen LogP contribution < -0.4 is 15.2 Å². The van der Waals surface area contributed by atoms with Gasteiger partial charge in [-0.25, -0.2) is 4.98 Å². The van der Waals surface area contributed by atoms with Gasteiger partial charge in [0.1, 0.15) is 12.4 Å². The summed E-state index contributed by atoms with van der Waals surface area (Å²) in [6.07, 6.45) is 0.0808. The highest BCUT2D eigenvalue weighted by molar-refractivity contribution is 7.23. The van der Waals surface area contributed by atoms with Crippen molar-refractivity contribution in [1.29, 1.82) is 0 Å². The maximum Gasteiger partial charge on any atom is 0.311 e. The van der Waals surface area contributed by atoms with Crippen LogP contribution in [0.4, 0.5) is 5.69 Å². The number of benzene rings is 2. The Hall–Kier alpha value is -3.72. The number of thiazole rings is 1. The van der Waals surface area contributed by atoms with Gasteiger partial charge in [-0.1, -0.05) is 23.5 Å². The van der Waals surface area contributed by atoms with Crippen molar-refractivity contribution in [2.75, 3.05) is 18.1 Å². The van der Waals surface area contributed by atoms with Crippen LogP contribution >= 0.6 is 11.3 Å². The molecule has 0 radical (unpaired) electrons. The van der Waals surface area contributed by atoms with Crippen LogP contribution in [-0.4, -0.2) is 34.4 Å². The third-order valence-corrected chi connectivity index (χ3v) is 6.55. The molecule has 33 heavy (non-hydrogen) atoms. The van der Waals surface area contributed by atoms with Crippen LogP contribution in [0, 0.1) is 5.92 Å². The number of hydrogen-bond donors (Lipinski definition) is 0. The molecule has 3 heterocycles. The first-order valence-electron chi connectivity index (χ1n) is 10.6. The summed E-state index contributed by atoms with van der Waals surface area (Å²) >= 11 is 1.40. The quantitative estimate of drug-likeness (QED) is 0.407. The number of esters is 1. The van der Waals surface area contributed by atoms with Crippen molar-refractivity contribution in [2.24, 2.45) is 5.92 Å². The van der Waals surface area contributed by atoms with Crippen LogP contribution in [0.3, 0.4) is 0 Å². The smallest absolute Gasteiger partial charge is 0.311 e. The topological polar surface area (TPSA) is 90.2 Å². The lowest BCUT2D eigenvalue weighted by molar-refractivity contribution is -0.149. The molecule has 2 aromatic carbocycles. The predicted octanol–water partition coefficient (Wildman–Crippen LogP) is 3.40. The minimum atomic E-state index is -0.571. The summed E-state index contributed by atoms with van der Waals surface area (Å²) < 4.78 is 13.4. The van der Waals surface area contributed by atoms with Gasteiger partial charge in [-0.3, -0.25) is 18.8 Å². The first-order chi connectivity index (χ1) is 16.0. The second-order valence-corrected chi connectivity index (χ2v) is 8.72. The molecule has 0 spiro atoms. The molecule has 0 bridgehead atoms. The van der Waals surface area contributed by atoms with E-state index in [2.05, 4.69) is 4.98 Å².